The molecule has 146 valence electrons. The minimum absolute atomic E-state index is 0.0219. The molecule has 0 saturated carbocycles. The van der Waals surface area contributed by atoms with Gasteiger partial charge in [-0.15, -0.1) is 0 Å². The number of nitrogens with zero attached hydrogens (tertiary/aromatic N) is 1. The lowest BCUT2D eigenvalue weighted by molar-refractivity contribution is 0.0696. The van der Waals surface area contributed by atoms with E-state index >= 15 is 0 Å². The maximum Gasteiger partial charge on any atom is 0.354 e. The van der Waals surface area contributed by atoms with Crippen LogP contribution in [0.2, 0.25) is 0 Å². The zero-order valence-electron chi connectivity index (χ0n) is 15.6. The molecule has 3 aromatic rings. The normalized spacial score (nSPS) is 11.3. The molecule has 0 aliphatic rings. The second-order valence-corrected chi connectivity index (χ2v) is 7.92. The van der Waals surface area contributed by atoms with E-state index in [1.54, 1.807) is 19.1 Å². The van der Waals surface area contributed by atoms with E-state index in [1.165, 1.54) is 22.8 Å². The summed E-state index contributed by atoms with van der Waals surface area (Å²) >= 11 is 0.852. The van der Waals surface area contributed by atoms with E-state index in [-0.39, 0.29) is 27.3 Å². The highest BCUT2D eigenvalue weighted by molar-refractivity contribution is 7.99. The highest BCUT2D eigenvalue weighted by atomic mass is 32.2. The van der Waals surface area contributed by atoms with Gasteiger partial charge in [0.2, 0.25) is 0 Å². The van der Waals surface area contributed by atoms with Crippen LogP contribution in [0.15, 0.2) is 54.1 Å². The van der Waals surface area contributed by atoms with Crippen LogP contribution in [0, 0.1) is 12.8 Å². The van der Waals surface area contributed by atoms with Gasteiger partial charge in [-0.1, -0.05) is 31.7 Å². The first-order valence-corrected chi connectivity index (χ1v) is 9.42. The third-order valence-corrected chi connectivity index (χ3v) is 5.21. The summed E-state index contributed by atoms with van der Waals surface area (Å²) in [6, 6.07) is 7.49. The first kappa shape index (κ1) is 19.8. The molecular weight excluding hydrogens is 382 g/mol. The van der Waals surface area contributed by atoms with Crippen LogP contribution in [-0.4, -0.2) is 20.7 Å². The Morgan fingerprint density at radius 1 is 1.25 bits per heavy atom. The van der Waals surface area contributed by atoms with Gasteiger partial charge in [0.1, 0.15) is 15.9 Å². The van der Waals surface area contributed by atoms with Crippen molar-refractivity contribution >= 4 is 28.7 Å². The summed E-state index contributed by atoms with van der Waals surface area (Å²) in [6.45, 7) is 6.14. The third kappa shape index (κ3) is 3.68. The van der Waals surface area contributed by atoms with E-state index in [9.17, 15) is 19.5 Å². The van der Waals surface area contributed by atoms with Crippen LogP contribution in [0.4, 0.5) is 0 Å². The Balaban J connectivity index is 2.19. The number of hydrogen-bond donors (Lipinski definition) is 2. The molecule has 0 amide bonds. The van der Waals surface area contributed by atoms with Crippen LogP contribution >= 0.6 is 11.8 Å². The molecule has 0 atom stereocenters. The highest BCUT2D eigenvalue weighted by Crippen LogP contribution is 2.35. The average Bonchev–Trinajstić information content (AvgIpc) is 2.61. The molecule has 28 heavy (non-hydrogen) atoms. The number of pyridine rings is 1. The molecule has 0 aliphatic heterocycles. The fourth-order valence-electron chi connectivity index (χ4n) is 2.89. The van der Waals surface area contributed by atoms with E-state index in [1.807, 2.05) is 13.8 Å². The van der Waals surface area contributed by atoms with Gasteiger partial charge < -0.3 is 19.2 Å². The first-order valence-electron chi connectivity index (χ1n) is 8.60. The molecule has 0 aliphatic carbocycles. The number of carboxylic acid groups (broad SMARTS) is 1. The lowest BCUT2D eigenvalue weighted by Crippen LogP contribution is -2.25. The Hall–Kier alpha value is -3.00. The maximum absolute atomic E-state index is 12.9. The summed E-state index contributed by atoms with van der Waals surface area (Å²) in [5.41, 5.74) is -0.538. The summed E-state index contributed by atoms with van der Waals surface area (Å²) in [5, 5.41) is 19.7. The van der Waals surface area contributed by atoms with Crippen LogP contribution in [0.5, 0.6) is 5.75 Å². The van der Waals surface area contributed by atoms with Crippen molar-refractivity contribution in [3.63, 3.8) is 0 Å². The Labute approximate surface area is 164 Å². The smallest absolute Gasteiger partial charge is 0.354 e. The van der Waals surface area contributed by atoms with Crippen LogP contribution in [0.25, 0.3) is 11.0 Å². The minimum Gasteiger partial charge on any atom is -0.505 e. The summed E-state index contributed by atoms with van der Waals surface area (Å²) in [6.07, 6.45) is 0. The number of aromatic carboxylic acids is 1. The monoisotopic (exact) mass is 401 g/mol. The fraction of sp³-hybridized carbons (Fsp3) is 0.250. The second kappa shape index (κ2) is 7.55. The molecule has 2 N–H and O–H groups in total. The maximum atomic E-state index is 12.9. The molecule has 2 heterocycles. The van der Waals surface area contributed by atoms with E-state index in [0.717, 1.165) is 11.8 Å². The SMILES string of the molecule is Cc1cc2oc(=O)c(Sc3cccc(C(=O)O)c3)c(O)c2c(=O)n1CC(C)C. The molecule has 0 saturated heterocycles. The zero-order chi connectivity index (χ0) is 20.6. The van der Waals surface area contributed by atoms with Gasteiger partial charge in [-0.2, -0.15) is 0 Å². The van der Waals surface area contributed by atoms with Crippen molar-refractivity contribution in [3.8, 4) is 5.75 Å². The van der Waals surface area contributed by atoms with Crippen molar-refractivity contribution in [2.45, 2.75) is 37.1 Å². The van der Waals surface area contributed by atoms with Crippen LogP contribution < -0.4 is 11.2 Å². The van der Waals surface area contributed by atoms with Crippen molar-refractivity contribution in [3.05, 3.63) is 62.4 Å². The predicted octanol–water partition coefficient (Wildman–Crippen LogP) is 3.47. The Morgan fingerprint density at radius 2 is 1.96 bits per heavy atom. The number of carboxylic acids is 1. The Kier molecular flexibility index (Phi) is 5.33. The molecule has 7 nitrogen and oxygen atoms in total. The predicted molar refractivity (Wildman–Crippen MR) is 106 cm³/mol. The Bertz CT molecular complexity index is 1190. The molecule has 0 unspecified atom stereocenters. The van der Waals surface area contributed by atoms with Gasteiger partial charge in [0, 0.05) is 23.2 Å². The Morgan fingerprint density at radius 3 is 2.61 bits per heavy atom. The standard InChI is InChI=1S/C20H19NO6S/c1-10(2)9-21-11(3)7-14-15(18(21)23)16(22)17(20(26)27-14)28-13-6-4-5-12(8-13)19(24)25/h4-8,10,22H,9H2,1-3H3,(H,24,25). The third-order valence-electron chi connectivity index (χ3n) is 4.16. The molecule has 2 aromatic heterocycles. The lowest BCUT2D eigenvalue weighted by atomic mass is 10.2. The number of fused-ring (bicyclic) bond motifs is 1. The van der Waals surface area contributed by atoms with E-state index in [2.05, 4.69) is 0 Å². The molecule has 8 heteroatoms. The molecule has 3 rings (SSSR count). The van der Waals surface area contributed by atoms with Gasteiger partial charge in [-0.05, 0) is 31.0 Å². The minimum atomic E-state index is -1.11. The topological polar surface area (TPSA) is 110 Å². The zero-order valence-corrected chi connectivity index (χ0v) is 16.4. The molecule has 0 radical (unpaired) electrons. The summed E-state index contributed by atoms with van der Waals surface area (Å²) in [4.78, 5) is 36.7. The van der Waals surface area contributed by atoms with E-state index in [4.69, 9.17) is 9.52 Å². The lowest BCUT2D eigenvalue weighted by Gasteiger charge is -2.14. The molecule has 0 spiro atoms. The number of benzene rings is 1. The van der Waals surface area contributed by atoms with Gasteiger partial charge >= 0.3 is 11.6 Å². The number of hydrogen-bond acceptors (Lipinski definition) is 6. The van der Waals surface area contributed by atoms with E-state index in [0.29, 0.717) is 17.1 Å². The quantitative estimate of drug-likeness (QED) is 0.673. The number of carbonyl (C=O) groups is 1. The summed E-state index contributed by atoms with van der Waals surface area (Å²) in [5.74, 6) is -1.36. The fourth-order valence-corrected chi connectivity index (χ4v) is 3.78. The summed E-state index contributed by atoms with van der Waals surface area (Å²) < 4.78 is 6.81. The van der Waals surface area contributed by atoms with E-state index < -0.39 is 22.9 Å². The number of rotatable bonds is 5. The van der Waals surface area contributed by atoms with Gasteiger partial charge in [0.05, 0.1) is 5.56 Å². The molecule has 0 bridgehead atoms. The van der Waals surface area contributed by atoms with Crippen molar-refractivity contribution in [1.29, 1.82) is 0 Å². The van der Waals surface area contributed by atoms with Crippen molar-refractivity contribution in [1.82, 2.24) is 4.57 Å². The number of aromatic nitrogens is 1. The number of aryl methyl sites for hydroxylation is 1. The van der Waals surface area contributed by atoms with Gasteiger partial charge in [0.25, 0.3) is 5.56 Å². The van der Waals surface area contributed by atoms with Crippen molar-refractivity contribution in [2.24, 2.45) is 5.92 Å². The van der Waals surface area contributed by atoms with Gasteiger partial charge in [-0.3, -0.25) is 4.79 Å². The first-order chi connectivity index (χ1) is 13.2. The highest BCUT2D eigenvalue weighted by Gasteiger charge is 2.20. The van der Waals surface area contributed by atoms with Crippen LogP contribution in [0.3, 0.4) is 0 Å². The molecular formula is C20H19NO6S. The molecule has 0 fully saturated rings. The van der Waals surface area contributed by atoms with Crippen LogP contribution in [-0.2, 0) is 6.54 Å². The largest absolute Gasteiger partial charge is 0.505 e. The molecule has 1 aromatic carbocycles. The van der Waals surface area contributed by atoms with Crippen LogP contribution in [0.1, 0.15) is 29.9 Å². The van der Waals surface area contributed by atoms with Gasteiger partial charge in [0.15, 0.2) is 5.75 Å². The second-order valence-electron chi connectivity index (χ2n) is 6.84. The number of aromatic hydroxyl groups is 1. The summed E-state index contributed by atoms with van der Waals surface area (Å²) in [7, 11) is 0. The average molecular weight is 401 g/mol. The van der Waals surface area contributed by atoms with Crippen molar-refractivity contribution in [2.75, 3.05) is 0 Å². The van der Waals surface area contributed by atoms with Gasteiger partial charge in [-0.25, -0.2) is 9.59 Å². The van der Waals surface area contributed by atoms with Crippen molar-refractivity contribution < 1.29 is 19.4 Å².